The van der Waals surface area contributed by atoms with E-state index in [0.29, 0.717) is 30.1 Å². The Kier molecular flexibility index (Phi) is 8.88. The molecule has 2 aliphatic carbocycles. The van der Waals surface area contributed by atoms with Crippen LogP contribution in [0.4, 0.5) is 10.1 Å². The molecular formula is C34H38FN5O6S2. The van der Waals surface area contributed by atoms with Crippen molar-refractivity contribution in [3.8, 4) is 5.19 Å². The first-order valence-corrected chi connectivity index (χ1v) is 18.9. The van der Waals surface area contributed by atoms with Crippen LogP contribution in [-0.4, -0.2) is 71.5 Å². The zero-order valence-corrected chi connectivity index (χ0v) is 27.9. The molecule has 0 bridgehead atoms. The van der Waals surface area contributed by atoms with Gasteiger partial charge >= 0.3 is 0 Å². The smallest absolute Gasteiger partial charge is 0.274 e. The minimum atomic E-state index is -3.85. The number of fused-ring (bicyclic) bond motifs is 3. The van der Waals surface area contributed by atoms with Gasteiger partial charge < -0.3 is 20.3 Å². The molecule has 1 aromatic heterocycles. The number of sulfonamides is 1. The van der Waals surface area contributed by atoms with Crippen molar-refractivity contribution in [3.05, 3.63) is 66.5 Å². The molecule has 254 valence electrons. The van der Waals surface area contributed by atoms with Gasteiger partial charge in [-0.3, -0.25) is 19.1 Å². The van der Waals surface area contributed by atoms with Crippen LogP contribution in [0.2, 0.25) is 0 Å². The van der Waals surface area contributed by atoms with Crippen molar-refractivity contribution in [1.82, 2.24) is 19.9 Å². The van der Waals surface area contributed by atoms with Crippen molar-refractivity contribution >= 4 is 55.0 Å². The molecule has 4 aliphatic rings. The number of rotatable bonds is 7. The van der Waals surface area contributed by atoms with Crippen LogP contribution in [-0.2, 0) is 24.4 Å². The summed E-state index contributed by atoms with van der Waals surface area (Å²) in [4.78, 5) is 48.2. The zero-order chi connectivity index (χ0) is 33.5. The molecule has 3 amide bonds. The molecule has 0 radical (unpaired) electrons. The molecule has 14 heteroatoms. The van der Waals surface area contributed by atoms with Gasteiger partial charge in [0.25, 0.3) is 11.1 Å². The second-order valence-corrected chi connectivity index (χ2v) is 16.1. The predicted molar refractivity (Wildman–Crippen MR) is 179 cm³/mol. The summed E-state index contributed by atoms with van der Waals surface area (Å²) >= 11 is 1.37. The summed E-state index contributed by atoms with van der Waals surface area (Å²) in [5.41, 5.74) is -0.0848. The second-order valence-electron chi connectivity index (χ2n) is 13.1. The van der Waals surface area contributed by atoms with Gasteiger partial charge in [0.15, 0.2) is 0 Å². The molecule has 3 heterocycles. The fourth-order valence-electron chi connectivity index (χ4n) is 6.64. The molecule has 2 aromatic carbocycles. The highest BCUT2D eigenvalue weighted by Crippen LogP contribution is 2.46. The monoisotopic (exact) mass is 695 g/mol. The lowest BCUT2D eigenvalue weighted by atomic mass is 10.0. The normalized spacial score (nSPS) is 28.7. The summed E-state index contributed by atoms with van der Waals surface area (Å²) in [6, 6.07) is 11.7. The van der Waals surface area contributed by atoms with Crippen LogP contribution >= 0.6 is 11.3 Å². The highest BCUT2D eigenvalue weighted by atomic mass is 32.2. The zero-order valence-electron chi connectivity index (χ0n) is 26.3. The van der Waals surface area contributed by atoms with Gasteiger partial charge in [-0.2, -0.15) is 0 Å². The number of ether oxygens (including phenoxy) is 1. The highest BCUT2D eigenvalue weighted by Gasteiger charge is 2.62. The van der Waals surface area contributed by atoms with Crippen molar-refractivity contribution in [2.24, 2.45) is 5.92 Å². The third-order valence-corrected chi connectivity index (χ3v) is 12.3. The van der Waals surface area contributed by atoms with E-state index in [-0.39, 0.29) is 31.2 Å². The van der Waals surface area contributed by atoms with E-state index in [0.717, 1.165) is 35.9 Å². The number of halogens is 1. The number of para-hydroxylation sites is 1. The average Bonchev–Trinajstić information content (AvgIpc) is 3.95. The van der Waals surface area contributed by atoms with Crippen molar-refractivity contribution < 1.29 is 31.9 Å². The fraction of sp³-hybridized carbons (Fsp3) is 0.471. The lowest BCUT2D eigenvalue weighted by molar-refractivity contribution is -0.140. The standard InChI is InChI=1S/C34H38FN5O6S2/c35-22-12-14-23(15-13-22)36-27-10-5-3-1-2-4-8-21-19-34(21,32(43)39-48(44,45)25-16-17-25)38-30(41)28-18-24(20-40(28)31(27)42)46-33-37-26-9-6-7-11-29(26)47-33/h4,6-9,11-15,21,24-25,27-28,36H,1-3,5,10,16-20H2,(H,38,41)(H,39,43)/b8-4-/t21-,24+,27-,28-,34+/m0/s1. The summed E-state index contributed by atoms with van der Waals surface area (Å²) in [5, 5.41) is 5.98. The third kappa shape index (κ3) is 6.91. The summed E-state index contributed by atoms with van der Waals surface area (Å²) in [5.74, 6) is -2.40. The van der Waals surface area contributed by atoms with Crippen LogP contribution in [0, 0.1) is 11.7 Å². The second kappa shape index (κ2) is 13.1. The fourth-order valence-corrected chi connectivity index (χ4v) is 8.88. The number of aromatic nitrogens is 1. The maximum atomic E-state index is 14.4. The molecule has 7 rings (SSSR count). The van der Waals surface area contributed by atoms with Gasteiger partial charge in [-0.15, -0.1) is 0 Å². The quantitative estimate of drug-likeness (QED) is 0.311. The largest absolute Gasteiger partial charge is 0.465 e. The molecular weight excluding hydrogens is 658 g/mol. The van der Waals surface area contributed by atoms with Gasteiger partial charge in [0.05, 0.1) is 22.0 Å². The number of carbonyl (C=O) groups excluding carboxylic acids is 3. The van der Waals surface area contributed by atoms with E-state index in [1.807, 2.05) is 36.4 Å². The number of hydrogen-bond acceptors (Lipinski definition) is 9. The van der Waals surface area contributed by atoms with Gasteiger partial charge in [0.1, 0.15) is 29.5 Å². The Hall–Kier alpha value is -4.04. The summed E-state index contributed by atoms with van der Waals surface area (Å²) in [6.07, 6.45) is 8.36. The first-order valence-electron chi connectivity index (χ1n) is 16.5. The van der Waals surface area contributed by atoms with Gasteiger partial charge in [-0.1, -0.05) is 48.5 Å². The van der Waals surface area contributed by atoms with Crippen LogP contribution in [0.1, 0.15) is 57.8 Å². The number of allylic oxidation sites excluding steroid dienone is 1. The first kappa shape index (κ1) is 32.5. The van der Waals surface area contributed by atoms with Crippen LogP contribution in [0.25, 0.3) is 10.2 Å². The van der Waals surface area contributed by atoms with Crippen LogP contribution in [0.5, 0.6) is 5.19 Å². The molecule has 3 aromatic rings. The number of amides is 3. The Morgan fingerprint density at radius 3 is 2.62 bits per heavy atom. The van der Waals surface area contributed by atoms with E-state index in [4.69, 9.17) is 4.74 Å². The van der Waals surface area contributed by atoms with Gasteiger partial charge in [0.2, 0.25) is 21.8 Å². The minimum Gasteiger partial charge on any atom is -0.465 e. The third-order valence-electron chi connectivity index (χ3n) is 9.57. The van der Waals surface area contributed by atoms with Gasteiger partial charge in [0, 0.05) is 18.0 Å². The number of hydrogen-bond donors (Lipinski definition) is 3. The number of thiazole rings is 1. The molecule has 2 aliphatic heterocycles. The summed E-state index contributed by atoms with van der Waals surface area (Å²) in [7, 11) is -3.85. The maximum Gasteiger partial charge on any atom is 0.274 e. The average molecular weight is 696 g/mol. The van der Waals surface area contributed by atoms with Crippen LogP contribution in [0.3, 0.4) is 0 Å². The maximum absolute atomic E-state index is 14.4. The molecule has 2 saturated carbocycles. The predicted octanol–water partition coefficient (Wildman–Crippen LogP) is 4.27. The molecule has 1 saturated heterocycles. The first-order chi connectivity index (χ1) is 23.1. The lowest BCUT2D eigenvalue weighted by Gasteiger charge is -2.30. The topological polar surface area (TPSA) is 147 Å². The van der Waals surface area contributed by atoms with Crippen LogP contribution in [0.15, 0.2) is 60.7 Å². The van der Waals surface area contributed by atoms with Crippen LogP contribution < -0.4 is 20.1 Å². The minimum absolute atomic E-state index is 0.104. The summed E-state index contributed by atoms with van der Waals surface area (Å²) in [6.45, 7) is 0.104. The van der Waals surface area contributed by atoms with Crippen molar-refractivity contribution in [1.29, 1.82) is 0 Å². The Balaban J connectivity index is 1.18. The molecule has 3 N–H and O–H groups in total. The van der Waals surface area contributed by atoms with Crippen molar-refractivity contribution in [3.63, 3.8) is 0 Å². The van der Waals surface area contributed by atoms with E-state index in [9.17, 15) is 27.2 Å². The Morgan fingerprint density at radius 2 is 1.85 bits per heavy atom. The number of nitrogens with one attached hydrogen (secondary N) is 3. The van der Waals surface area contributed by atoms with E-state index < -0.39 is 56.6 Å². The van der Waals surface area contributed by atoms with Gasteiger partial charge in [-0.05, 0) is 74.9 Å². The molecule has 48 heavy (non-hydrogen) atoms. The Labute approximate surface area is 282 Å². The number of nitrogens with zero attached hydrogens (tertiary/aromatic N) is 2. The van der Waals surface area contributed by atoms with Crippen molar-refractivity contribution in [2.75, 3.05) is 11.9 Å². The molecule has 3 fully saturated rings. The molecule has 5 atom stereocenters. The highest BCUT2D eigenvalue weighted by molar-refractivity contribution is 7.91. The summed E-state index contributed by atoms with van der Waals surface area (Å²) < 4.78 is 48.6. The Bertz CT molecular complexity index is 1810. The number of anilines is 1. The van der Waals surface area contributed by atoms with E-state index in [1.54, 1.807) is 12.1 Å². The van der Waals surface area contributed by atoms with E-state index in [1.165, 1.54) is 28.4 Å². The van der Waals surface area contributed by atoms with Gasteiger partial charge in [-0.25, -0.2) is 17.8 Å². The number of carbonyl (C=O) groups is 3. The molecule has 0 spiro atoms. The Morgan fingerprint density at radius 1 is 1.06 bits per heavy atom. The van der Waals surface area contributed by atoms with Crippen molar-refractivity contribution in [2.45, 2.75) is 86.8 Å². The SMILES string of the molecule is O=C1N[C@]2(C(=O)NS(=O)(=O)C3CC3)C[C@@H]2/C=C\CCCCC[C@H](Nc2ccc(F)cc2)C(=O)N2C[C@H](Oc3nc4ccccc4s3)C[C@@H]12. The van der Waals surface area contributed by atoms with E-state index >= 15 is 0 Å². The lowest BCUT2D eigenvalue weighted by Crippen LogP contribution is -2.57. The number of benzene rings is 2. The van der Waals surface area contributed by atoms with E-state index in [2.05, 4.69) is 20.3 Å². The molecule has 11 nitrogen and oxygen atoms in total. The molecule has 0 unspecified atom stereocenters.